The lowest BCUT2D eigenvalue weighted by Gasteiger charge is -2.50. The zero-order valence-electron chi connectivity index (χ0n) is 71.6. The molecule has 3 aliphatic rings. The lowest BCUT2D eigenvalue weighted by atomic mass is 9.84. The summed E-state index contributed by atoms with van der Waals surface area (Å²) < 4.78 is 73.3. The molecule has 3 fully saturated rings. The van der Waals surface area contributed by atoms with Gasteiger partial charge >= 0.3 is 31.7 Å². The molecule has 1 saturated carbocycles. The van der Waals surface area contributed by atoms with Crippen molar-refractivity contribution in [1.29, 1.82) is 0 Å². The molecular weight excluding hydrogens is 1500 g/mol. The van der Waals surface area contributed by atoms with Crippen LogP contribution in [-0.4, -0.2) is 205 Å². The summed E-state index contributed by atoms with van der Waals surface area (Å²) in [4.78, 5) is 66.3. The van der Waals surface area contributed by atoms with Crippen molar-refractivity contribution in [3.8, 4) is 0 Å². The van der Waals surface area contributed by atoms with Gasteiger partial charge in [-0.2, -0.15) is 0 Å². The van der Waals surface area contributed by atoms with Crippen molar-refractivity contribution in [1.82, 2.24) is 0 Å². The molecule has 0 aromatic rings. The number of phosphoric ester groups is 1. The lowest BCUT2D eigenvalue weighted by Crippen LogP contribution is -2.70. The Bertz CT molecular complexity index is 2490. The summed E-state index contributed by atoms with van der Waals surface area (Å²) in [6, 6.07) is 0. The standard InChI is InChI=1S/C89H163O25P/c1-5-9-13-17-21-25-29-33-35-39-41-45-49-53-57-61-72(91)105-66-69(108-74(93)63-59-55-51-47-43-37-31-27-23-19-15-11-7-3)67-107-115(103,104)114-87-85(112-88-82(101)78(97)76(95)70(65-90)109-88)81(100)80(99)84(111-75(94)64-60-56-52-48-44-38-32-28-24-20-16-12-8-4)86(87)113-89-83(102)79(98)77(96)71(110-89)68-106-73(92)62-58-54-50-46-42-40-36-34-30-26-22-18-14-10-6-2/h37-38,43-44,69-71,76-90,95-102H,5-36,39-42,45-68H2,1-4H3,(H,103,104)/b43-37-,44-38-. The molecular formula is C89H163O25P. The Labute approximate surface area is 692 Å². The zero-order chi connectivity index (χ0) is 84.0. The molecule has 0 spiro atoms. The Morgan fingerprint density at radius 3 is 1.04 bits per heavy atom. The van der Waals surface area contributed by atoms with Crippen molar-refractivity contribution in [2.24, 2.45) is 0 Å². The molecule has 18 atom stereocenters. The summed E-state index contributed by atoms with van der Waals surface area (Å²) in [6.45, 7) is 5.55. The number of aliphatic hydroxyl groups excluding tert-OH is 9. The number of esters is 4. The molecule has 0 aromatic heterocycles. The maximum atomic E-state index is 14.9. The van der Waals surface area contributed by atoms with Gasteiger partial charge in [0.25, 0.3) is 0 Å². The maximum Gasteiger partial charge on any atom is 0.472 e. The van der Waals surface area contributed by atoms with Crippen LogP contribution in [-0.2, 0) is 70.7 Å². The van der Waals surface area contributed by atoms with Gasteiger partial charge in [0.2, 0.25) is 0 Å². The van der Waals surface area contributed by atoms with Crippen LogP contribution in [0, 0.1) is 0 Å². The minimum atomic E-state index is -5.81. The van der Waals surface area contributed by atoms with E-state index in [2.05, 4.69) is 52.0 Å². The molecule has 10 N–H and O–H groups in total. The van der Waals surface area contributed by atoms with Crippen molar-refractivity contribution >= 4 is 31.7 Å². The number of ether oxygens (including phenoxy) is 8. The molecule has 115 heavy (non-hydrogen) atoms. The third-order valence-electron chi connectivity index (χ3n) is 22.4. The summed E-state index contributed by atoms with van der Waals surface area (Å²) in [6.07, 6.45) is 27.7. The topological polar surface area (TPSA) is 380 Å². The van der Waals surface area contributed by atoms with Crippen LogP contribution in [0.2, 0.25) is 0 Å². The Balaban J connectivity index is 1.92. The molecule has 674 valence electrons. The van der Waals surface area contributed by atoms with Gasteiger partial charge in [-0.05, 0) is 77.0 Å². The Morgan fingerprint density at radius 2 is 0.652 bits per heavy atom. The van der Waals surface area contributed by atoms with Gasteiger partial charge < -0.3 is 88.7 Å². The van der Waals surface area contributed by atoms with Gasteiger partial charge in [0.05, 0.1) is 13.2 Å². The van der Waals surface area contributed by atoms with Crippen LogP contribution in [0.5, 0.6) is 0 Å². The van der Waals surface area contributed by atoms with E-state index in [4.69, 9.17) is 46.9 Å². The molecule has 2 saturated heterocycles. The molecule has 18 unspecified atom stereocenters. The highest BCUT2D eigenvalue weighted by Crippen LogP contribution is 2.49. The smallest absolute Gasteiger partial charge is 0.463 e. The molecule has 2 heterocycles. The predicted octanol–water partition coefficient (Wildman–Crippen LogP) is 16.5. The van der Waals surface area contributed by atoms with Gasteiger partial charge in [-0.15, -0.1) is 0 Å². The van der Waals surface area contributed by atoms with Gasteiger partial charge in [0.15, 0.2) is 24.8 Å². The minimum absolute atomic E-state index is 0.0155. The number of allylic oxidation sites excluding steroid dienone is 4. The first-order chi connectivity index (χ1) is 55.7. The first-order valence-electron chi connectivity index (χ1n) is 46.1. The number of phosphoric acid groups is 1. The van der Waals surface area contributed by atoms with Gasteiger partial charge in [-0.25, -0.2) is 4.57 Å². The van der Waals surface area contributed by atoms with E-state index in [9.17, 15) is 74.6 Å². The summed E-state index contributed by atoms with van der Waals surface area (Å²) in [5, 5.41) is 102. The van der Waals surface area contributed by atoms with Crippen LogP contribution in [0.4, 0.5) is 0 Å². The molecule has 0 aromatic carbocycles. The van der Waals surface area contributed by atoms with Gasteiger partial charge in [0, 0.05) is 25.7 Å². The fourth-order valence-corrected chi connectivity index (χ4v) is 16.0. The van der Waals surface area contributed by atoms with E-state index in [1.165, 1.54) is 173 Å². The molecule has 0 amide bonds. The predicted molar refractivity (Wildman–Crippen MR) is 444 cm³/mol. The summed E-state index contributed by atoms with van der Waals surface area (Å²) >= 11 is 0. The normalized spacial score (nSPS) is 25.3. The van der Waals surface area contributed by atoms with Crippen molar-refractivity contribution < 1.29 is 122 Å². The van der Waals surface area contributed by atoms with E-state index in [-0.39, 0.29) is 32.1 Å². The molecule has 1 aliphatic carbocycles. The summed E-state index contributed by atoms with van der Waals surface area (Å²) in [7, 11) is -5.81. The largest absolute Gasteiger partial charge is 0.472 e. The summed E-state index contributed by atoms with van der Waals surface area (Å²) in [5.74, 6) is -3.00. The SMILES string of the molecule is CCCCCCCC/C=C\CCCCCC(=O)OC(COC(=O)CCCCCCCCCCCCCCCCC)COP(=O)(O)OC1C(OC2OC(CO)C(O)C(O)C2O)C(O)C(O)C(OC(=O)CCCCC/C=C\CCCCCCCC)C1OC1OC(COC(=O)CCCCCCCCCCCCCCCCC)C(O)C(O)C1O. The van der Waals surface area contributed by atoms with Crippen LogP contribution in [0.1, 0.15) is 387 Å². The van der Waals surface area contributed by atoms with Gasteiger partial charge in [-0.3, -0.25) is 28.2 Å². The molecule has 0 bridgehead atoms. The number of aliphatic hydroxyl groups is 9. The fraction of sp³-hybridized carbons (Fsp3) is 0.910. The van der Waals surface area contributed by atoms with Crippen molar-refractivity contribution in [2.45, 2.75) is 491 Å². The first-order valence-corrected chi connectivity index (χ1v) is 47.6. The average Bonchev–Trinajstić information content (AvgIpc) is 0.747. The van der Waals surface area contributed by atoms with E-state index in [0.29, 0.717) is 38.5 Å². The fourth-order valence-electron chi connectivity index (χ4n) is 15.1. The number of carbonyl (C=O) groups is 4. The number of hydrogen-bond donors (Lipinski definition) is 10. The minimum Gasteiger partial charge on any atom is -0.463 e. The second-order valence-corrected chi connectivity index (χ2v) is 34.2. The molecule has 26 heteroatoms. The van der Waals surface area contributed by atoms with Crippen LogP contribution in [0.3, 0.4) is 0 Å². The van der Waals surface area contributed by atoms with Crippen LogP contribution < -0.4 is 0 Å². The third kappa shape index (κ3) is 49.0. The van der Waals surface area contributed by atoms with Crippen molar-refractivity contribution in [2.75, 3.05) is 26.4 Å². The van der Waals surface area contributed by atoms with E-state index in [1.807, 2.05) is 0 Å². The summed E-state index contributed by atoms with van der Waals surface area (Å²) in [5.41, 5.74) is 0. The monoisotopic (exact) mass is 1660 g/mol. The highest BCUT2D eigenvalue weighted by Gasteiger charge is 2.60. The number of hydrogen-bond acceptors (Lipinski definition) is 24. The van der Waals surface area contributed by atoms with Crippen molar-refractivity contribution in [3.05, 3.63) is 24.3 Å². The number of carbonyl (C=O) groups excluding carboxylic acids is 4. The zero-order valence-corrected chi connectivity index (χ0v) is 72.5. The lowest BCUT2D eigenvalue weighted by molar-refractivity contribution is -0.360. The highest BCUT2D eigenvalue weighted by atomic mass is 31.2. The van der Waals surface area contributed by atoms with E-state index < -0.39 is 162 Å². The number of rotatable bonds is 74. The first kappa shape index (κ1) is 106. The second kappa shape index (κ2) is 68.5. The second-order valence-electron chi connectivity index (χ2n) is 32.8. The van der Waals surface area contributed by atoms with E-state index in [0.717, 1.165) is 116 Å². The molecule has 3 rings (SSSR count). The van der Waals surface area contributed by atoms with Gasteiger partial charge in [0.1, 0.15) is 92.6 Å². The quantitative estimate of drug-likeness (QED) is 0.00889. The van der Waals surface area contributed by atoms with Crippen LogP contribution >= 0.6 is 7.82 Å². The molecule has 0 radical (unpaired) electrons. The number of unbranched alkanes of at least 4 members (excludes halogenated alkanes) is 46. The Kier molecular flexibility index (Phi) is 63.2. The Hall–Kier alpha value is -3.05. The third-order valence-corrected chi connectivity index (χ3v) is 23.4. The van der Waals surface area contributed by atoms with Crippen LogP contribution in [0.15, 0.2) is 24.3 Å². The van der Waals surface area contributed by atoms with E-state index in [1.54, 1.807) is 0 Å². The van der Waals surface area contributed by atoms with E-state index >= 15 is 0 Å². The van der Waals surface area contributed by atoms with Crippen molar-refractivity contribution in [3.63, 3.8) is 0 Å². The average molecular weight is 1660 g/mol. The highest BCUT2D eigenvalue weighted by molar-refractivity contribution is 7.47. The van der Waals surface area contributed by atoms with Crippen LogP contribution in [0.25, 0.3) is 0 Å². The maximum absolute atomic E-state index is 14.9. The molecule has 2 aliphatic heterocycles. The molecule has 25 nitrogen and oxygen atoms in total. The Morgan fingerprint density at radius 1 is 0.339 bits per heavy atom. The van der Waals surface area contributed by atoms with Gasteiger partial charge in [-0.1, -0.05) is 309 Å².